The Morgan fingerprint density at radius 2 is 1.87 bits per heavy atom. The minimum atomic E-state index is -0.890. The number of aromatic nitrogens is 3. The van der Waals surface area contributed by atoms with Crippen LogP contribution in [0.4, 0.5) is 5.69 Å². The molecule has 2 N–H and O–H groups in total. The van der Waals surface area contributed by atoms with E-state index < -0.39 is 17.5 Å². The fraction of sp³-hybridized carbons (Fsp3) is 0.321. The van der Waals surface area contributed by atoms with Gasteiger partial charge >= 0.3 is 35.3 Å². The average molecular weight is 527 g/mol. The molecule has 1 atom stereocenters. The van der Waals surface area contributed by atoms with Gasteiger partial charge in [0.25, 0.3) is 0 Å². The van der Waals surface area contributed by atoms with Gasteiger partial charge in [-0.05, 0) is 67.6 Å². The van der Waals surface area contributed by atoms with Gasteiger partial charge in [0, 0.05) is 42.5 Å². The van der Waals surface area contributed by atoms with Crippen LogP contribution in [0, 0.1) is 20.8 Å². The zero-order valence-electron chi connectivity index (χ0n) is 22.4. The Hall–Kier alpha value is -3.11. The first-order chi connectivity index (χ1) is 17.7. The summed E-state index contributed by atoms with van der Waals surface area (Å²) in [5.41, 5.74) is 7.58. The molecular formula is C28H31N4NaO5. The molecular weight excluding hydrogens is 495 g/mol. The van der Waals surface area contributed by atoms with Crippen molar-refractivity contribution in [2.24, 2.45) is 0 Å². The SMILES string of the molecule is Cc1cc(OCC[C@@H](C)O)nc(C)c1-c1cccc(CNc2ccc(Cn3oc(=O)[n-]c3=O)cc2)c1C.[Na+]. The van der Waals surface area contributed by atoms with E-state index in [1.165, 1.54) is 5.56 Å². The summed E-state index contributed by atoms with van der Waals surface area (Å²) in [5.74, 6) is -0.320. The summed E-state index contributed by atoms with van der Waals surface area (Å²) in [6.45, 7) is 9.09. The Bertz CT molecular complexity index is 1470. The number of nitrogens with one attached hydrogen (secondary N) is 1. The maximum Gasteiger partial charge on any atom is 1.00 e. The van der Waals surface area contributed by atoms with Gasteiger partial charge in [0.15, 0.2) is 5.69 Å². The van der Waals surface area contributed by atoms with E-state index in [0.717, 1.165) is 43.9 Å². The van der Waals surface area contributed by atoms with E-state index in [4.69, 9.17) is 9.26 Å². The van der Waals surface area contributed by atoms with Crippen molar-refractivity contribution in [3.8, 4) is 17.0 Å². The molecule has 0 aliphatic rings. The van der Waals surface area contributed by atoms with Gasteiger partial charge in [0.2, 0.25) is 5.88 Å². The largest absolute Gasteiger partial charge is 1.00 e. The van der Waals surface area contributed by atoms with Crippen LogP contribution >= 0.6 is 0 Å². The maximum absolute atomic E-state index is 11.6. The van der Waals surface area contributed by atoms with Crippen molar-refractivity contribution in [1.29, 1.82) is 0 Å². The van der Waals surface area contributed by atoms with E-state index in [2.05, 4.69) is 41.3 Å². The summed E-state index contributed by atoms with van der Waals surface area (Å²) >= 11 is 0. The van der Waals surface area contributed by atoms with Gasteiger partial charge in [0.05, 0.1) is 12.7 Å². The first-order valence-electron chi connectivity index (χ1n) is 12.2. The second kappa shape index (κ2) is 13.1. The molecule has 0 aliphatic carbocycles. The third-order valence-electron chi connectivity index (χ3n) is 6.23. The molecule has 0 saturated carbocycles. The monoisotopic (exact) mass is 526 g/mol. The van der Waals surface area contributed by atoms with E-state index in [9.17, 15) is 14.7 Å². The summed E-state index contributed by atoms with van der Waals surface area (Å²) in [5, 5.41) is 12.9. The first-order valence-corrected chi connectivity index (χ1v) is 12.2. The molecule has 194 valence electrons. The third kappa shape index (κ3) is 7.26. The van der Waals surface area contributed by atoms with Crippen LogP contribution in [-0.4, -0.2) is 27.5 Å². The third-order valence-corrected chi connectivity index (χ3v) is 6.23. The summed E-state index contributed by atoms with van der Waals surface area (Å²) < 4.78 is 11.4. The van der Waals surface area contributed by atoms with Crippen molar-refractivity contribution in [1.82, 2.24) is 14.7 Å². The fourth-order valence-corrected chi connectivity index (χ4v) is 4.24. The number of hydrogen-bond acceptors (Lipinski definition) is 7. The Balaban J connectivity index is 0.00000400. The Labute approximate surface area is 243 Å². The van der Waals surface area contributed by atoms with Crippen molar-refractivity contribution in [3.05, 3.63) is 97.5 Å². The second-order valence-corrected chi connectivity index (χ2v) is 9.15. The number of aliphatic hydroxyl groups excluding tert-OH is 1. The number of hydrogen-bond donors (Lipinski definition) is 2. The topological polar surface area (TPSA) is 121 Å². The average Bonchev–Trinajstić information content (AvgIpc) is 3.16. The van der Waals surface area contributed by atoms with Gasteiger partial charge in [-0.3, -0.25) is 9.53 Å². The quantitative estimate of drug-likeness (QED) is 0.288. The second-order valence-electron chi connectivity index (χ2n) is 9.15. The van der Waals surface area contributed by atoms with Crippen LogP contribution in [0.25, 0.3) is 11.1 Å². The van der Waals surface area contributed by atoms with Gasteiger partial charge in [-0.1, -0.05) is 30.3 Å². The molecule has 10 heteroatoms. The molecule has 0 bridgehead atoms. The molecule has 9 nitrogen and oxygen atoms in total. The van der Waals surface area contributed by atoms with Crippen molar-refractivity contribution in [3.63, 3.8) is 0 Å². The van der Waals surface area contributed by atoms with E-state index in [1.54, 1.807) is 6.92 Å². The smallest absolute Gasteiger partial charge is 0.478 e. The number of rotatable bonds is 10. The van der Waals surface area contributed by atoms with Crippen molar-refractivity contribution < 1.29 is 43.9 Å². The molecule has 4 rings (SSSR count). The zero-order chi connectivity index (χ0) is 26.5. The normalized spacial score (nSPS) is 11.6. The summed E-state index contributed by atoms with van der Waals surface area (Å²) in [4.78, 5) is 30.5. The number of nitrogens with zero attached hydrogens (tertiary/aromatic N) is 3. The molecule has 2 aromatic carbocycles. The number of aryl methyl sites for hydroxylation is 2. The Morgan fingerprint density at radius 1 is 1.13 bits per heavy atom. The van der Waals surface area contributed by atoms with E-state index in [-0.39, 0.29) is 36.1 Å². The van der Waals surface area contributed by atoms with Crippen LogP contribution in [0.15, 0.2) is 62.6 Å². The van der Waals surface area contributed by atoms with Crippen LogP contribution in [0.1, 0.15) is 41.3 Å². The van der Waals surface area contributed by atoms with E-state index in [0.29, 0.717) is 25.5 Å². The van der Waals surface area contributed by atoms with Gasteiger partial charge in [0.1, 0.15) is 0 Å². The fourth-order valence-electron chi connectivity index (χ4n) is 4.24. The number of ether oxygens (including phenoxy) is 1. The predicted molar refractivity (Wildman–Crippen MR) is 141 cm³/mol. The standard InChI is InChI=1S/C28H32N4O5.Na/c1-17-14-25(36-13-12-18(2)33)30-20(4)26(17)24-7-5-6-22(19(24)3)15-29-23-10-8-21(9-11-23)16-32-27(34)31-28(35)37-32;/h5-11,14,18,29,33H,12-13,15-16H2,1-4H3,(H,31,34,35);/q;+1/p-1/t18-;/m1./s1. The molecule has 2 aromatic heterocycles. The molecule has 0 unspecified atom stereocenters. The first kappa shape index (κ1) is 29.4. The van der Waals surface area contributed by atoms with Crippen LogP contribution in [0.2, 0.25) is 0 Å². The predicted octanol–water partition coefficient (Wildman–Crippen LogP) is 0.560. The number of benzene rings is 2. The van der Waals surface area contributed by atoms with Crippen molar-refractivity contribution in [2.45, 2.75) is 53.3 Å². The van der Waals surface area contributed by atoms with E-state index >= 15 is 0 Å². The van der Waals surface area contributed by atoms with E-state index in [1.807, 2.05) is 43.3 Å². The molecule has 0 amide bonds. The molecule has 38 heavy (non-hydrogen) atoms. The van der Waals surface area contributed by atoms with Gasteiger partial charge in [-0.15, -0.1) is 0 Å². The van der Waals surface area contributed by atoms with Crippen molar-refractivity contribution in [2.75, 3.05) is 11.9 Å². The molecule has 0 aliphatic heterocycles. The molecule has 2 heterocycles. The van der Waals surface area contributed by atoms with Crippen LogP contribution < -0.4 is 56.0 Å². The summed E-state index contributed by atoms with van der Waals surface area (Å²) in [7, 11) is 0. The van der Waals surface area contributed by atoms with Crippen LogP contribution in [0.3, 0.4) is 0 Å². The van der Waals surface area contributed by atoms with Gasteiger partial charge < -0.3 is 24.7 Å². The minimum Gasteiger partial charge on any atom is -0.478 e. The summed E-state index contributed by atoms with van der Waals surface area (Å²) in [6, 6.07) is 15.8. The molecule has 0 spiro atoms. The maximum atomic E-state index is 11.6. The van der Waals surface area contributed by atoms with Crippen LogP contribution in [-0.2, 0) is 13.1 Å². The molecule has 0 saturated heterocycles. The van der Waals surface area contributed by atoms with Crippen molar-refractivity contribution >= 4 is 5.69 Å². The number of anilines is 1. The zero-order valence-corrected chi connectivity index (χ0v) is 24.4. The number of pyridine rings is 1. The molecule has 0 radical (unpaired) electrons. The Morgan fingerprint density at radius 3 is 2.50 bits per heavy atom. The number of aliphatic hydroxyl groups is 1. The van der Waals surface area contributed by atoms with Crippen LogP contribution in [0.5, 0.6) is 5.88 Å². The molecule has 4 aromatic rings. The Kier molecular flexibility index (Phi) is 10.2. The van der Waals surface area contributed by atoms with Gasteiger partial charge in [-0.2, -0.15) is 0 Å². The summed E-state index contributed by atoms with van der Waals surface area (Å²) in [6.07, 6.45) is 0.152. The van der Waals surface area contributed by atoms with Gasteiger partial charge in [-0.25, -0.2) is 9.78 Å². The minimum absolute atomic E-state index is 0. The molecule has 0 fully saturated rings.